The van der Waals surface area contributed by atoms with Gasteiger partial charge in [0.05, 0.1) is 6.10 Å². The van der Waals surface area contributed by atoms with Crippen LogP contribution in [0.3, 0.4) is 0 Å². The normalized spacial score (nSPS) is 34.0. The molecule has 1 saturated carbocycles. The highest BCUT2D eigenvalue weighted by Crippen LogP contribution is 2.42. The molecule has 1 spiro atoms. The van der Waals surface area contributed by atoms with Gasteiger partial charge in [0.15, 0.2) is 0 Å². The summed E-state index contributed by atoms with van der Waals surface area (Å²) in [6, 6.07) is 7.02. The van der Waals surface area contributed by atoms with Gasteiger partial charge in [-0.25, -0.2) is 0 Å². The molecule has 0 unspecified atom stereocenters. The second-order valence-corrected chi connectivity index (χ2v) is 9.08. The largest absolute Gasteiger partial charge is 0.393 e. The summed E-state index contributed by atoms with van der Waals surface area (Å²) in [6.07, 6.45) is 8.27. The van der Waals surface area contributed by atoms with E-state index in [0.717, 1.165) is 17.9 Å². The van der Waals surface area contributed by atoms with Gasteiger partial charge in [-0.3, -0.25) is 4.90 Å². The Morgan fingerprint density at radius 3 is 2.64 bits per heavy atom. The maximum absolute atomic E-state index is 9.78. The van der Waals surface area contributed by atoms with Crippen LogP contribution in [0.2, 0.25) is 5.02 Å². The Morgan fingerprint density at radius 1 is 1.08 bits per heavy atom. The zero-order valence-electron chi connectivity index (χ0n) is 15.4. The van der Waals surface area contributed by atoms with Crippen LogP contribution in [0.5, 0.6) is 0 Å². The minimum Gasteiger partial charge on any atom is -0.393 e. The van der Waals surface area contributed by atoms with Crippen LogP contribution >= 0.6 is 11.6 Å². The topological polar surface area (TPSA) is 26.7 Å². The van der Waals surface area contributed by atoms with Gasteiger partial charge in [-0.15, -0.1) is 0 Å². The molecule has 1 aromatic carbocycles. The smallest absolute Gasteiger partial charge is 0.0541 e. The molecule has 2 heterocycles. The number of hydrogen-bond acceptors (Lipinski definition) is 3. The van der Waals surface area contributed by atoms with Crippen LogP contribution in [0, 0.1) is 12.3 Å². The number of aliphatic hydroxyl groups excluding tert-OH is 1. The lowest BCUT2D eigenvalue weighted by atomic mass is 9.79. The molecule has 1 aliphatic carbocycles. The number of aliphatic hydroxyl groups is 1. The number of piperidine rings is 1. The number of nitrogens with zero attached hydrogens (tertiary/aromatic N) is 2. The number of hydrogen-bond donors (Lipinski definition) is 1. The first-order valence-corrected chi connectivity index (χ1v) is 10.4. The van der Waals surface area contributed by atoms with Gasteiger partial charge < -0.3 is 10.0 Å². The van der Waals surface area contributed by atoms with E-state index in [4.69, 9.17) is 11.6 Å². The molecule has 0 radical (unpaired) electrons. The summed E-state index contributed by atoms with van der Waals surface area (Å²) < 4.78 is 0. The van der Waals surface area contributed by atoms with Crippen LogP contribution in [0.1, 0.15) is 50.5 Å². The standard InChI is InChI=1S/C21H31ClN2O/c1-16-13-17(22)3-8-20(16)24-11-2-9-21(15-24)10-12-23(14-21)18-4-6-19(25)7-5-18/h3,8,13,18-19,25H,2,4-7,9-12,14-15H2,1H3/t18?,19?,21-/m1/s1. The third-order valence-corrected chi connectivity index (χ3v) is 7.05. The molecule has 1 atom stereocenters. The number of aryl methyl sites for hydroxylation is 1. The fraction of sp³-hybridized carbons (Fsp3) is 0.714. The lowest BCUT2D eigenvalue weighted by Gasteiger charge is -2.43. The molecule has 0 amide bonds. The summed E-state index contributed by atoms with van der Waals surface area (Å²) >= 11 is 6.15. The monoisotopic (exact) mass is 362 g/mol. The highest BCUT2D eigenvalue weighted by molar-refractivity contribution is 6.30. The van der Waals surface area contributed by atoms with Gasteiger partial charge in [0, 0.05) is 41.8 Å². The second kappa shape index (κ2) is 7.09. The highest BCUT2D eigenvalue weighted by Gasteiger charge is 2.43. The van der Waals surface area contributed by atoms with Gasteiger partial charge >= 0.3 is 0 Å². The van der Waals surface area contributed by atoms with Gasteiger partial charge in [0.1, 0.15) is 0 Å². The average molecular weight is 363 g/mol. The first-order valence-electron chi connectivity index (χ1n) is 9.98. The maximum atomic E-state index is 9.78. The van der Waals surface area contributed by atoms with E-state index in [1.54, 1.807) is 0 Å². The van der Waals surface area contributed by atoms with E-state index in [1.807, 2.05) is 6.07 Å². The van der Waals surface area contributed by atoms with Gasteiger partial charge in [-0.05, 0) is 82.2 Å². The van der Waals surface area contributed by atoms with Gasteiger partial charge in [-0.1, -0.05) is 11.6 Å². The molecular weight excluding hydrogens is 332 g/mol. The van der Waals surface area contributed by atoms with Crippen molar-refractivity contribution in [3.05, 3.63) is 28.8 Å². The van der Waals surface area contributed by atoms with E-state index in [1.165, 1.54) is 69.5 Å². The molecule has 4 heteroatoms. The second-order valence-electron chi connectivity index (χ2n) is 8.64. The van der Waals surface area contributed by atoms with Crippen molar-refractivity contribution < 1.29 is 5.11 Å². The highest BCUT2D eigenvalue weighted by atomic mass is 35.5. The Bertz CT molecular complexity index is 614. The Balaban J connectivity index is 1.44. The number of benzene rings is 1. The van der Waals surface area contributed by atoms with E-state index in [0.29, 0.717) is 11.5 Å². The molecule has 0 aromatic heterocycles. The molecule has 25 heavy (non-hydrogen) atoms. The number of likely N-dealkylation sites (tertiary alicyclic amines) is 1. The fourth-order valence-electron chi connectivity index (χ4n) is 5.43. The summed E-state index contributed by atoms with van der Waals surface area (Å²) in [6.45, 7) is 7.02. The zero-order chi connectivity index (χ0) is 17.4. The van der Waals surface area contributed by atoms with Crippen molar-refractivity contribution >= 4 is 17.3 Å². The molecule has 0 bridgehead atoms. The fourth-order valence-corrected chi connectivity index (χ4v) is 5.65. The Labute approximate surface area is 157 Å². The van der Waals surface area contributed by atoms with Crippen molar-refractivity contribution in [1.29, 1.82) is 0 Å². The van der Waals surface area contributed by atoms with Crippen LogP contribution in [-0.4, -0.2) is 48.3 Å². The minimum atomic E-state index is -0.0501. The van der Waals surface area contributed by atoms with Crippen molar-refractivity contribution in [2.45, 2.75) is 64.0 Å². The maximum Gasteiger partial charge on any atom is 0.0541 e. The predicted octanol–water partition coefficient (Wildman–Crippen LogP) is 4.24. The van der Waals surface area contributed by atoms with Gasteiger partial charge in [-0.2, -0.15) is 0 Å². The quantitative estimate of drug-likeness (QED) is 0.852. The van der Waals surface area contributed by atoms with Crippen molar-refractivity contribution in [3.63, 3.8) is 0 Å². The number of halogens is 1. The van der Waals surface area contributed by atoms with Gasteiger partial charge in [0.25, 0.3) is 0 Å². The van der Waals surface area contributed by atoms with Crippen molar-refractivity contribution in [1.82, 2.24) is 4.90 Å². The van der Waals surface area contributed by atoms with Crippen molar-refractivity contribution in [2.75, 3.05) is 31.1 Å². The van der Waals surface area contributed by atoms with Crippen LogP contribution < -0.4 is 4.90 Å². The lowest BCUT2D eigenvalue weighted by molar-refractivity contribution is 0.0770. The first kappa shape index (κ1) is 17.6. The van der Waals surface area contributed by atoms with E-state index in [-0.39, 0.29) is 6.10 Å². The third kappa shape index (κ3) is 3.70. The molecule has 3 aliphatic rings. The summed E-state index contributed by atoms with van der Waals surface area (Å²) in [5.41, 5.74) is 3.11. The third-order valence-electron chi connectivity index (χ3n) is 6.81. The van der Waals surface area contributed by atoms with Crippen LogP contribution in [0.15, 0.2) is 18.2 Å². The molecular formula is C21H31ClN2O. The van der Waals surface area contributed by atoms with Gasteiger partial charge in [0.2, 0.25) is 0 Å². The molecule has 2 aliphatic heterocycles. The number of rotatable bonds is 2. The van der Waals surface area contributed by atoms with Crippen LogP contribution in [0.4, 0.5) is 5.69 Å². The van der Waals surface area contributed by atoms with E-state index in [2.05, 4.69) is 28.9 Å². The van der Waals surface area contributed by atoms with Crippen molar-refractivity contribution in [3.8, 4) is 0 Å². The summed E-state index contributed by atoms with van der Waals surface area (Å²) in [7, 11) is 0. The Morgan fingerprint density at radius 2 is 1.88 bits per heavy atom. The Kier molecular flexibility index (Phi) is 5.00. The molecule has 138 valence electrons. The summed E-state index contributed by atoms with van der Waals surface area (Å²) in [4.78, 5) is 5.34. The lowest BCUT2D eigenvalue weighted by Crippen LogP contribution is -2.46. The predicted molar refractivity (Wildman–Crippen MR) is 105 cm³/mol. The van der Waals surface area contributed by atoms with E-state index >= 15 is 0 Å². The van der Waals surface area contributed by atoms with E-state index in [9.17, 15) is 5.11 Å². The van der Waals surface area contributed by atoms with E-state index < -0.39 is 0 Å². The number of anilines is 1. The molecule has 1 N–H and O–H groups in total. The first-order chi connectivity index (χ1) is 12.0. The zero-order valence-corrected chi connectivity index (χ0v) is 16.1. The summed E-state index contributed by atoms with van der Waals surface area (Å²) in [5.74, 6) is 0. The molecule has 4 rings (SSSR count). The Hall–Kier alpha value is -0.770. The minimum absolute atomic E-state index is 0.0501. The molecule has 1 aromatic rings. The SMILES string of the molecule is Cc1cc(Cl)ccc1N1CCC[C@]2(CCN(C3CCC(O)CC3)C2)C1. The average Bonchev–Trinajstić information content (AvgIpc) is 2.99. The molecule has 3 nitrogen and oxygen atoms in total. The molecule has 2 saturated heterocycles. The van der Waals surface area contributed by atoms with Crippen LogP contribution in [-0.2, 0) is 0 Å². The molecule has 3 fully saturated rings. The van der Waals surface area contributed by atoms with Crippen LogP contribution in [0.25, 0.3) is 0 Å². The summed E-state index contributed by atoms with van der Waals surface area (Å²) in [5, 5.41) is 10.6. The van der Waals surface area contributed by atoms with Crippen molar-refractivity contribution in [2.24, 2.45) is 5.41 Å².